The van der Waals surface area contributed by atoms with Crippen molar-refractivity contribution in [1.82, 2.24) is 0 Å². The largest absolute Gasteiger partial charge is 0.493 e. The molecular weight excluding hydrogens is 580 g/mol. The van der Waals surface area contributed by atoms with Gasteiger partial charge < -0.3 is 27.9 Å². The predicted molar refractivity (Wildman–Crippen MR) is 167 cm³/mol. The van der Waals surface area contributed by atoms with E-state index in [1.807, 2.05) is 60.7 Å². The predicted octanol–water partition coefficient (Wildman–Crippen LogP) is 7.40. The highest BCUT2D eigenvalue weighted by Gasteiger charge is 2.32. The number of benzene rings is 4. The van der Waals surface area contributed by atoms with E-state index < -0.39 is 24.1 Å². The molecule has 9 heteroatoms. The van der Waals surface area contributed by atoms with Crippen LogP contribution in [0.4, 0.5) is 0 Å². The Kier molecular flexibility index (Phi) is 10.6. The van der Waals surface area contributed by atoms with Gasteiger partial charge in [-0.05, 0) is 67.1 Å². The number of ether oxygens (including phenoxy) is 5. The van der Waals surface area contributed by atoms with Gasteiger partial charge in [0.15, 0.2) is 23.0 Å². The van der Waals surface area contributed by atoms with Crippen LogP contribution in [0.5, 0.6) is 23.0 Å². The summed E-state index contributed by atoms with van der Waals surface area (Å²) in [6.07, 6.45) is 1.68. The van der Waals surface area contributed by atoms with Crippen molar-refractivity contribution < 1.29 is 37.5 Å². The molecule has 8 nitrogen and oxygen atoms in total. The Morgan fingerprint density at radius 1 is 0.636 bits per heavy atom. The highest BCUT2D eigenvalue weighted by Crippen LogP contribution is 2.33. The Labute approximate surface area is 262 Å². The normalized spacial score (nSPS) is 16.0. The summed E-state index contributed by atoms with van der Waals surface area (Å²) >= 11 is 3.94. The lowest BCUT2D eigenvalue weighted by atomic mass is 9.94. The van der Waals surface area contributed by atoms with Crippen LogP contribution in [0, 0.1) is 0 Å². The minimum atomic E-state index is -0.593. The second-order valence-electron chi connectivity index (χ2n) is 10.3. The summed E-state index contributed by atoms with van der Waals surface area (Å²) in [4.78, 5) is 26.3. The van der Waals surface area contributed by atoms with Gasteiger partial charge in [-0.3, -0.25) is 0 Å². The number of thiol groups is 1. The fourth-order valence-corrected chi connectivity index (χ4v) is 5.10. The van der Waals surface area contributed by atoms with Gasteiger partial charge in [-0.2, -0.15) is 0 Å². The number of hydrogen-bond acceptors (Lipinski definition) is 9. The second kappa shape index (κ2) is 15.2. The summed E-state index contributed by atoms with van der Waals surface area (Å²) in [5.74, 6) is 0.573. The third-order valence-corrected chi connectivity index (χ3v) is 7.51. The summed E-state index contributed by atoms with van der Waals surface area (Å²) in [5, 5.41) is 0. The van der Waals surface area contributed by atoms with E-state index in [9.17, 15) is 9.59 Å². The number of rotatable bonds is 12. The highest BCUT2D eigenvalue weighted by atomic mass is 32.1. The van der Waals surface area contributed by atoms with Gasteiger partial charge in [0.2, 0.25) is 0 Å². The van der Waals surface area contributed by atoms with E-state index in [-0.39, 0.29) is 11.3 Å². The number of carbonyl (C=O) groups excluding carboxylic acids is 2. The van der Waals surface area contributed by atoms with E-state index in [0.717, 1.165) is 24.0 Å². The topological polar surface area (TPSA) is 89.5 Å². The Bertz CT molecular complexity index is 1430. The van der Waals surface area contributed by atoms with Crippen LogP contribution in [0.25, 0.3) is 0 Å². The zero-order chi connectivity index (χ0) is 30.7. The lowest BCUT2D eigenvalue weighted by molar-refractivity contribution is -0.0514. The molecule has 0 spiro atoms. The van der Waals surface area contributed by atoms with Crippen LogP contribution in [0.15, 0.2) is 97.1 Å². The molecule has 0 amide bonds. The van der Waals surface area contributed by atoms with Gasteiger partial charge in [0.05, 0.1) is 18.2 Å². The lowest BCUT2D eigenvalue weighted by Gasteiger charge is -2.30. The average molecular weight is 615 g/mol. The van der Waals surface area contributed by atoms with E-state index in [4.69, 9.17) is 27.9 Å². The zero-order valence-electron chi connectivity index (χ0n) is 24.3. The molecule has 5 rings (SSSR count). The summed E-state index contributed by atoms with van der Waals surface area (Å²) in [7, 11) is 1.52. The Balaban J connectivity index is 1.20. The number of esters is 2. The van der Waals surface area contributed by atoms with Crippen LogP contribution in [-0.2, 0) is 22.7 Å². The SMILES string of the molecule is COc1cc(C(=O)O[C@@H]2CCCC[C@@H]2OC(=O)c2ccc(OCc3ccccc3)c(OS)c2)ccc1OCc1ccccc1. The van der Waals surface area contributed by atoms with Crippen molar-refractivity contribution in [1.29, 1.82) is 0 Å². The molecule has 0 radical (unpaired) electrons. The van der Waals surface area contributed by atoms with Gasteiger partial charge >= 0.3 is 11.9 Å². The summed E-state index contributed by atoms with van der Waals surface area (Å²) in [5.41, 5.74) is 2.58. The monoisotopic (exact) mass is 614 g/mol. The zero-order valence-corrected chi connectivity index (χ0v) is 25.2. The Morgan fingerprint density at radius 3 is 1.55 bits per heavy atom. The second-order valence-corrected chi connectivity index (χ2v) is 10.5. The summed E-state index contributed by atoms with van der Waals surface area (Å²) in [6.45, 7) is 0.695. The lowest BCUT2D eigenvalue weighted by Crippen LogP contribution is -2.37. The molecular formula is C35H34O8S. The van der Waals surface area contributed by atoms with E-state index in [0.29, 0.717) is 48.9 Å². The molecule has 0 saturated heterocycles. The number of methoxy groups -OCH3 is 1. The first-order valence-corrected chi connectivity index (χ1v) is 14.8. The van der Waals surface area contributed by atoms with Gasteiger partial charge in [-0.1, -0.05) is 60.7 Å². The molecule has 0 heterocycles. The molecule has 4 aromatic carbocycles. The summed E-state index contributed by atoms with van der Waals surface area (Å²) in [6, 6.07) is 29.1. The molecule has 1 aliphatic rings. The smallest absolute Gasteiger partial charge is 0.338 e. The molecule has 228 valence electrons. The minimum absolute atomic E-state index is 0.271. The molecule has 1 fully saturated rings. The fourth-order valence-electron chi connectivity index (χ4n) is 4.95. The fraction of sp³-hybridized carbons (Fsp3) is 0.257. The van der Waals surface area contributed by atoms with Gasteiger partial charge in [-0.15, -0.1) is 0 Å². The van der Waals surface area contributed by atoms with Crippen LogP contribution < -0.4 is 18.4 Å². The van der Waals surface area contributed by atoms with Crippen molar-refractivity contribution in [2.45, 2.75) is 51.1 Å². The van der Waals surface area contributed by atoms with Crippen molar-refractivity contribution in [3.05, 3.63) is 119 Å². The van der Waals surface area contributed by atoms with E-state index in [1.54, 1.807) is 30.3 Å². The van der Waals surface area contributed by atoms with Crippen LogP contribution in [0.1, 0.15) is 57.5 Å². The van der Waals surface area contributed by atoms with Crippen LogP contribution in [-0.4, -0.2) is 31.3 Å². The summed E-state index contributed by atoms with van der Waals surface area (Å²) < 4.78 is 34.1. The van der Waals surface area contributed by atoms with Crippen molar-refractivity contribution >= 4 is 24.8 Å². The van der Waals surface area contributed by atoms with E-state index in [1.165, 1.54) is 13.2 Å². The molecule has 2 atom stereocenters. The molecule has 1 saturated carbocycles. The third-order valence-electron chi connectivity index (χ3n) is 7.31. The molecule has 0 bridgehead atoms. The van der Waals surface area contributed by atoms with Crippen LogP contribution in [0.3, 0.4) is 0 Å². The van der Waals surface area contributed by atoms with Gasteiger partial charge in [0.1, 0.15) is 25.4 Å². The molecule has 0 N–H and O–H groups in total. The molecule has 44 heavy (non-hydrogen) atoms. The number of hydrogen-bond donors (Lipinski definition) is 1. The molecule has 0 aromatic heterocycles. The first-order valence-electron chi connectivity index (χ1n) is 14.4. The number of carbonyl (C=O) groups is 2. The average Bonchev–Trinajstić information content (AvgIpc) is 3.08. The highest BCUT2D eigenvalue weighted by molar-refractivity contribution is 7.75. The first kappa shape index (κ1) is 30.8. The van der Waals surface area contributed by atoms with Gasteiger partial charge in [-0.25, -0.2) is 9.59 Å². The Hall–Kier alpha value is -4.63. The minimum Gasteiger partial charge on any atom is -0.493 e. The molecule has 4 aromatic rings. The maximum Gasteiger partial charge on any atom is 0.338 e. The van der Waals surface area contributed by atoms with Gasteiger partial charge in [0, 0.05) is 19.0 Å². The van der Waals surface area contributed by atoms with Crippen LogP contribution in [0.2, 0.25) is 0 Å². The third kappa shape index (κ3) is 8.05. The van der Waals surface area contributed by atoms with Crippen molar-refractivity contribution in [2.24, 2.45) is 0 Å². The molecule has 0 unspecified atom stereocenters. The van der Waals surface area contributed by atoms with Gasteiger partial charge in [0.25, 0.3) is 0 Å². The van der Waals surface area contributed by atoms with Crippen molar-refractivity contribution in [3.8, 4) is 23.0 Å². The van der Waals surface area contributed by atoms with Crippen molar-refractivity contribution in [2.75, 3.05) is 7.11 Å². The molecule has 0 aliphatic heterocycles. The Morgan fingerprint density at radius 2 is 1.09 bits per heavy atom. The van der Waals surface area contributed by atoms with E-state index in [2.05, 4.69) is 12.9 Å². The first-order chi connectivity index (χ1) is 21.5. The van der Waals surface area contributed by atoms with E-state index >= 15 is 0 Å². The maximum atomic E-state index is 13.2. The molecule has 1 aliphatic carbocycles. The van der Waals surface area contributed by atoms with Crippen molar-refractivity contribution in [3.63, 3.8) is 0 Å². The van der Waals surface area contributed by atoms with Crippen LogP contribution >= 0.6 is 12.9 Å². The standard InChI is InChI=1S/C35H34O8S/c1-38-32-20-26(16-18-28(32)39-22-24-10-4-2-5-11-24)34(36)41-30-14-8-9-15-31(30)42-35(37)27-17-19-29(33(21-27)43-44)40-23-25-12-6-3-7-13-25/h2-7,10-13,16-21,30-31,44H,8-9,14-15,22-23H2,1H3/t30-,31+/m1/s1. The maximum absolute atomic E-state index is 13.2. The quantitative estimate of drug-likeness (QED) is 0.100.